The molecule has 0 fully saturated rings. The average molecular weight is 281 g/mol. The maximum Gasteiger partial charge on any atom is 0.408 e. The molecular weight excluding hydrogens is 262 g/mol. The lowest BCUT2D eigenvalue weighted by atomic mass is 10.2. The quantitative estimate of drug-likeness (QED) is 0.864. The van der Waals surface area contributed by atoms with Crippen LogP contribution in [0.15, 0.2) is 35.2 Å². The number of benzene rings is 1. The van der Waals surface area contributed by atoms with E-state index in [-0.39, 0.29) is 5.12 Å². The van der Waals surface area contributed by atoms with Crippen LogP contribution in [0.5, 0.6) is 0 Å². The number of thioether (sulfide) groups is 1. The molecule has 19 heavy (non-hydrogen) atoms. The number of alkyl carbamates (subject to hydrolysis) is 1. The van der Waals surface area contributed by atoms with Crippen LogP contribution in [-0.4, -0.2) is 22.9 Å². The number of carbonyl (C=O) groups is 2. The largest absolute Gasteiger partial charge is 0.444 e. The summed E-state index contributed by atoms with van der Waals surface area (Å²) in [7, 11) is 0. The van der Waals surface area contributed by atoms with Crippen LogP contribution >= 0.6 is 11.8 Å². The summed E-state index contributed by atoms with van der Waals surface area (Å²) in [5.74, 6) is 0. The smallest absolute Gasteiger partial charge is 0.408 e. The second-order valence-corrected chi connectivity index (χ2v) is 6.18. The van der Waals surface area contributed by atoms with Gasteiger partial charge in [-0.2, -0.15) is 0 Å². The molecule has 1 N–H and O–H groups in total. The molecule has 1 amide bonds. The van der Waals surface area contributed by atoms with Crippen molar-refractivity contribution in [2.45, 2.75) is 44.2 Å². The molecule has 0 spiro atoms. The zero-order valence-electron chi connectivity index (χ0n) is 11.6. The molecule has 1 atom stereocenters. The number of rotatable bonds is 3. The lowest BCUT2D eigenvalue weighted by Gasteiger charge is -2.21. The first-order valence-electron chi connectivity index (χ1n) is 6.04. The predicted octanol–water partition coefficient (Wildman–Crippen LogP) is 3.22. The van der Waals surface area contributed by atoms with E-state index in [0.29, 0.717) is 0 Å². The Bertz CT molecular complexity index is 440. The third-order valence-electron chi connectivity index (χ3n) is 2.05. The van der Waals surface area contributed by atoms with Crippen LogP contribution in [-0.2, 0) is 9.53 Å². The molecule has 1 aromatic carbocycles. The highest BCUT2D eigenvalue weighted by atomic mass is 32.2. The van der Waals surface area contributed by atoms with Crippen molar-refractivity contribution in [3.8, 4) is 0 Å². The lowest BCUT2D eigenvalue weighted by Crippen LogP contribution is -2.40. The molecule has 0 aliphatic carbocycles. The molecule has 0 aliphatic heterocycles. The molecule has 1 rings (SSSR count). The molecule has 1 unspecified atom stereocenters. The fourth-order valence-corrected chi connectivity index (χ4v) is 2.00. The van der Waals surface area contributed by atoms with Gasteiger partial charge in [-0.05, 0) is 51.6 Å². The molecule has 104 valence electrons. The SMILES string of the molecule is CC(NC(=O)OC(C)(C)C)C(=O)Sc1ccccc1. The normalized spacial score (nSPS) is 12.6. The first kappa shape index (κ1) is 15.6. The van der Waals surface area contributed by atoms with Crippen LogP contribution in [0.3, 0.4) is 0 Å². The lowest BCUT2D eigenvalue weighted by molar-refractivity contribution is -0.112. The topological polar surface area (TPSA) is 55.4 Å². The summed E-state index contributed by atoms with van der Waals surface area (Å²) in [5, 5.41) is 2.40. The summed E-state index contributed by atoms with van der Waals surface area (Å²) in [6.45, 7) is 6.97. The first-order chi connectivity index (χ1) is 8.78. The van der Waals surface area contributed by atoms with Gasteiger partial charge in [-0.1, -0.05) is 18.2 Å². The minimum atomic E-state index is -0.597. The zero-order valence-corrected chi connectivity index (χ0v) is 12.4. The summed E-state index contributed by atoms with van der Waals surface area (Å²) >= 11 is 1.10. The maximum atomic E-state index is 11.9. The van der Waals surface area contributed by atoms with Crippen molar-refractivity contribution in [3.63, 3.8) is 0 Å². The number of hydrogen-bond acceptors (Lipinski definition) is 4. The molecule has 0 saturated heterocycles. The van der Waals surface area contributed by atoms with Crippen LogP contribution < -0.4 is 5.32 Å². The molecular formula is C14H19NO3S. The maximum absolute atomic E-state index is 11.9. The molecule has 4 nitrogen and oxygen atoms in total. The average Bonchev–Trinajstić information content (AvgIpc) is 2.27. The van der Waals surface area contributed by atoms with Gasteiger partial charge in [0.1, 0.15) is 5.60 Å². The second kappa shape index (κ2) is 6.61. The van der Waals surface area contributed by atoms with E-state index in [1.165, 1.54) is 0 Å². The summed E-state index contributed by atoms with van der Waals surface area (Å²) < 4.78 is 5.10. The van der Waals surface area contributed by atoms with E-state index in [0.717, 1.165) is 16.7 Å². The van der Waals surface area contributed by atoms with Gasteiger partial charge in [0, 0.05) is 4.90 Å². The number of nitrogens with one attached hydrogen (secondary N) is 1. The molecule has 0 radical (unpaired) electrons. The van der Waals surface area contributed by atoms with Gasteiger partial charge in [-0.25, -0.2) is 4.79 Å². The Morgan fingerprint density at radius 1 is 1.21 bits per heavy atom. The monoisotopic (exact) mass is 281 g/mol. The van der Waals surface area contributed by atoms with E-state index < -0.39 is 17.7 Å². The van der Waals surface area contributed by atoms with Crippen molar-refractivity contribution >= 4 is 23.0 Å². The third-order valence-corrected chi connectivity index (χ3v) is 3.11. The second-order valence-electron chi connectivity index (χ2n) is 5.10. The van der Waals surface area contributed by atoms with Crippen molar-refractivity contribution < 1.29 is 14.3 Å². The molecule has 0 saturated carbocycles. The Morgan fingerprint density at radius 3 is 2.32 bits per heavy atom. The molecule has 0 heterocycles. The molecule has 0 bridgehead atoms. The van der Waals surface area contributed by atoms with Crippen molar-refractivity contribution in [2.75, 3.05) is 0 Å². The Hall–Kier alpha value is -1.49. The van der Waals surface area contributed by atoms with Crippen LogP contribution in [0.2, 0.25) is 0 Å². The number of ether oxygens (including phenoxy) is 1. The van der Waals surface area contributed by atoms with Crippen LogP contribution in [0, 0.1) is 0 Å². The van der Waals surface area contributed by atoms with Gasteiger partial charge in [0.15, 0.2) is 0 Å². The van der Waals surface area contributed by atoms with E-state index in [1.807, 2.05) is 30.3 Å². The number of amides is 1. The fourth-order valence-electron chi connectivity index (χ4n) is 1.24. The highest BCUT2D eigenvalue weighted by Gasteiger charge is 2.21. The van der Waals surface area contributed by atoms with Gasteiger partial charge in [0.05, 0.1) is 6.04 Å². The minimum absolute atomic E-state index is 0.128. The summed E-state index contributed by atoms with van der Waals surface area (Å²) in [4.78, 5) is 24.3. The van der Waals surface area contributed by atoms with Crippen LogP contribution in [0.4, 0.5) is 4.79 Å². The number of hydrogen-bond donors (Lipinski definition) is 1. The van der Waals surface area contributed by atoms with Crippen LogP contribution in [0.25, 0.3) is 0 Å². The number of carbonyl (C=O) groups excluding carboxylic acids is 2. The van der Waals surface area contributed by atoms with Gasteiger partial charge in [0.25, 0.3) is 0 Å². The standard InChI is InChI=1S/C14H19NO3S/c1-10(15-13(17)18-14(2,3)4)12(16)19-11-8-6-5-7-9-11/h5-10H,1-4H3,(H,15,17). The van der Waals surface area contributed by atoms with E-state index in [9.17, 15) is 9.59 Å². The Labute approximate surface area is 117 Å². The highest BCUT2D eigenvalue weighted by Crippen LogP contribution is 2.19. The summed E-state index contributed by atoms with van der Waals surface area (Å²) in [6.07, 6.45) is -0.581. The summed E-state index contributed by atoms with van der Waals surface area (Å²) in [5.41, 5.74) is -0.570. The van der Waals surface area contributed by atoms with Crippen molar-refractivity contribution in [1.82, 2.24) is 5.32 Å². The van der Waals surface area contributed by atoms with Gasteiger partial charge < -0.3 is 10.1 Å². The third kappa shape index (κ3) is 6.29. The van der Waals surface area contributed by atoms with E-state index in [2.05, 4.69) is 5.32 Å². The molecule has 1 aromatic rings. The van der Waals surface area contributed by atoms with E-state index in [4.69, 9.17) is 4.74 Å². The predicted molar refractivity (Wildman–Crippen MR) is 76.1 cm³/mol. The molecule has 0 aromatic heterocycles. The van der Waals surface area contributed by atoms with Gasteiger partial charge in [0.2, 0.25) is 5.12 Å². The van der Waals surface area contributed by atoms with Crippen LogP contribution in [0.1, 0.15) is 27.7 Å². The van der Waals surface area contributed by atoms with Crippen molar-refractivity contribution in [2.24, 2.45) is 0 Å². The van der Waals surface area contributed by atoms with Gasteiger partial charge in [-0.3, -0.25) is 4.79 Å². The molecule has 5 heteroatoms. The molecule has 0 aliphatic rings. The summed E-state index contributed by atoms with van der Waals surface area (Å²) in [6, 6.07) is 8.71. The van der Waals surface area contributed by atoms with E-state index in [1.54, 1.807) is 27.7 Å². The Morgan fingerprint density at radius 2 is 1.79 bits per heavy atom. The Balaban J connectivity index is 2.47. The van der Waals surface area contributed by atoms with Gasteiger partial charge >= 0.3 is 6.09 Å². The highest BCUT2D eigenvalue weighted by molar-refractivity contribution is 8.13. The fraction of sp³-hybridized carbons (Fsp3) is 0.429. The first-order valence-corrected chi connectivity index (χ1v) is 6.86. The van der Waals surface area contributed by atoms with Crippen molar-refractivity contribution in [3.05, 3.63) is 30.3 Å². The Kier molecular flexibility index (Phi) is 5.42. The van der Waals surface area contributed by atoms with E-state index >= 15 is 0 Å². The zero-order chi connectivity index (χ0) is 14.5. The van der Waals surface area contributed by atoms with Crippen molar-refractivity contribution in [1.29, 1.82) is 0 Å². The minimum Gasteiger partial charge on any atom is -0.444 e. The van der Waals surface area contributed by atoms with Gasteiger partial charge in [-0.15, -0.1) is 0 Å².